The lowest BCUT2D eigenvalue weighted by Crippen LogP contribution is -2.42. The topological polar surface area (TPSA) is 123 Å². The van der Waals surface area contributed by atoms with E-state index in [0.29, 0.717) is 23.4 Å². The van der Waals surface area contributed by atoms with E-state index < -0.39 is 22.7 Å². The number of carbonyl (C=O) groups excluding carboxylic acids is 2. The van der Waals surface area contributed by atoms with Gasteiger partial charge in [0.1, 0.15) is 12.4 Å². The molecule has 3 aromatic carbocycles. The van der Waals surface area contributed by atoms with E-state index in [1.54, 1.807) is 36.0 Å². The summed E-state index contributed by atoms with van der Waals surface area (Å²) in [6.07, 6.45) is 0.716. The number of nitro benzene ring substituents is 1. The number of imide groups is 1. The van der Waals surface area contributed by atoms with Crippen molar-refractivity contribution in [3.05, 3.63) is 113 Å². The van der Waals surface area contributed by atoms with Crippen LogP contribution in [0, 0.1) is 46.6 Å². The molecule has 2 amide bonds. The molecular formula is C33H26BrN3O6S2. The molecule has 0 spiro atoms. The third kappa shape index (κ3) is 4.51. The van der Waals surface area contributed by atoms with Crippen molar-refractivity contribution in [1.82, 2.24) is 4.98 Å². The summed E-state index contributed by atoms with van der Waals surface area (Å²) in [5, 5.41) is 12.7. The van der Waals surface area contributed by atoms with Crippen molar-refractivity contribution < 1.29 is 19.2 Å². The first kappa shape index (κ1) is 28.7. The molecular weight excluding hydrogens is 678 g/mol. The number of amides is 2. The molecule has 8 rings (SSSR count). The maximum absolute atomic E-state index is 14.1. The highest BCUT2D eigenvalue weighted by Crippen LogP contribution is 2.69. The van der Waals surface area contributed by atoms with Crippen LogP contribution in [-0.2, 0) is 16.2 Å². The number of fused-ring (bicyclic) bond motifs is 9. The van der Waals surface area contributed by atoms with Gasteiger partial charge in [0, 0.05) is 38.2 Å². The Morgan fingerprint density at radius 3 is 2.42 bits per heavy atom. The molecule has 3 fully saturated rings. The number of aromatic amines is 1. The van der Waals surface area contributed by atoms with Gasteiger partial charge in [-0.05, 0) is 67.0 Å². The number of hydrogen-bond donors (Lipinski definition) is 1. The van der Waals surface area contributed by atoms with Gasteiger partial charge in [0.15, 0.2) is 0 Å². The number of nitrogens with zero attached hydrogens (tertiary/aromatic N) is 2. The van der Waals surface area contributed by atoms with Gasteiger partial charge in [0.25, 0.3) is 5.69 Å². The number of anilines is 1. The molecule has 9 nitrogen and oxygen atoms in total. The first-order chi connectivity index (χ1) is 21.7. The zero-order valence-electron chi connectivity index (χ0n) is 23.8. The zero-order valence-corrected chi connectivity index (χ0v) is 27.1. The Morgan fingerprint density at radius 1 is 1.00 bits per heavy atom. The van der Waals surface area contributed by atoms with E-state index in [2.05, 4.69) is 20.9 Å². The van der Waals surface area contributed by atoms with Gasteiger partial charge in [-0.25, -0.2) is 0 Å². The Kier molecular flexibility index (Phi) is 6.81. The van der Waals surface area contributed by atoms with Crippen LogP contribution in [0.5, 0.6) is 5.75 Å². The predicted molar refractivity (Wildman–Crippen MR) is 174 cm³/mol. The second kappa shape index (κ2) is 10.7. The summed E-state index contributed by atoms with van der Waals surface area (Å²) in [7, 11) is 0. The van der Waals surface area contributed by atoms with E-state index in [1.165, 1.54) is 11.0 Å². The molecule has 2 bridgehead atoms. The first-order valence-electron chi connectivity index (χ1n) is 14.7. The molecule has 2 aliphatic heterocycles. The Labute approximate surface area is 274 Å². The van der Waals surface area contributed by atoms with Crippen molar-refractivity contribution >= 4 is 62.2 Å². The smallest absolute Gasteiger partial charge is 0.305 e. The van der Waals surface area contributed by atoms with Crippen molar-refractivity contribution in [2.75, 3.05) is 4.90 Å². The van der Waals surface area contributed by atoms with Gasteiger partial charge in [-0.3, -0.25) is 29.4 Å². The highest BCUT2D eigenvalue weighted by atomic mass is 79.9. The second-order valence-electron chi connectivity index (χ2n) is 12.2. The summed E-state index contributed by atoms with van der Waals surface area (Å²) in [5.74, 6) is -1.50. The Hall–Kier alpha value is -3.74. The lowest BCUT2D eigenvalue weighted by Gasteiger charge is -2.43. The number of rotatable bonds is 6. The maximum Gasteiger partial charge on any atom is 0.305 e. The van der Waals surface area contributed by atoms with E-state index in [-0.39, 0.29) is 52.0 Å². The van der Waals surface area contributed by atoms with Crippen LogP contribution in [0.15, 0.2) is 81.0 Å². The Bertz CT molecular complexity index is 1940. The summed E-state index contributed by atoms with van der Waals surface area (Å²) < 4.78 is 7.22. The third-order valence-corrected chi connectivity index (χ3v) is 13.0. The number of benzene rings is 3. The van der Waals surface area contributed by atoms with E-state index in [4.69, 9.17) is 4.74 Å². The van der Waals surface area contributed by atoms with Crippen LogP contribution < -0.4 is 14.5 Å². The molecule has 2 saturated carbocycles. The van der Waals surface area contributed by atoms with Crippen molar-refractivity contribution in [3.63, 3.8) is 0 Å². The molecule has 3 heterocycles. The van der Waals surface area contributed by atoms with Gasteiger partial charge in [-0.2, -0.15) is 0 Å². The summed E-state index contributed by atoms with van der Waals surface area (Å²) in [6, 6.07) is 19.8. The molecule has 2 aliphatic carbocycles. The number of aryl methyl sites for hydroxylation is 1. The SMILES string of the molecule is Cc1ccc(COc2ccc([N+](=O)[O-])cc2C2c3sc(=O)[nH]c3SC3C2[C@H]2C[C@@H]3C3C(=O)N(c4ccc(Br)cc4)C(=O)C32)cc1. The number of hydrogen-bond acceptors (Lipinski definition) is 8. The lowest BCUT2D eigenvalue weighted by molar-refractivity contribution is -0.385. The van der Waals surface area contributed by atoms with E-state index in [0.717, 1.165) is 36.8 Å². The molecule has 4 aliphatic rings. The highest BCUT2D eigenvalue weighted by molar-refractivity contribution is 9.10. The number of nitro groups is 1. The van der Waals surface area contributed by atoms with Crippen LogP contribution in [0.4, 0.5) is 11.4 Å². The Morgan fingerprint density at radius 2 is 1.71 bits per heavy atom. The van der Waals surface area contributed by atoms with Crippen LogP contribution in [0.25, 0.3) is 0 Å². The number of thiazole rings is 1. The molecule has 4 aromatic rings. The van der Waals surface area contributed by atoms with Crippen LogP contribution in [-0.4, -0.2) is 27.0 Å². The van der Waals surface area contributed by atoms with Crippen LogP contribution in [0.1, 0.15) is 33.9 Å². The summed E-state index contributed by atoms with van der Waals surface area (Å²) in [5.41, 5.74) is 3.21. The van der Waals surface area contributed by atoms with E-state index >= 15 is 0 Å². The number of ether oxygens (including phenoxy) is 1. The van der Waals surface area contributed by atoms with Gasteiger partial charge in [0.05, 0.1) is 27.5 Å². The van der Waals surface area contributed by atoms with Crippen LogP contribution in [0.2, 0.25) is 0 Å². The quantitative estimate of drug-likeness (QED) is 0.135. The first-order valence-corrected chi connectivity index (χ1v) is 17.2. The molecule has 12 heteroatoms. The normalized spacial score (nSPS) is 27.8. The fourth-order valence-corrected chi connectivity index (χ4v) is 11.2. The summed E-state index contributed by atoms with van der Waals surface area (Å²) in [6.45, 7) is 2.28. The standard InChI is InChI=1S/C33H26BrN3O6S2/c1-15-2-4-16(5-3-15)14-43-23-11-10-19(37(41)42)12-20(23)24-25-21-13-22(28(25)44-30-29(24)45-33(40)35-30)27-26(21)31(38)36(32(27)39)18-8-6-17(34)7-9-18/h2-12,21-22,24-28H,13-14H2,1H3,(H,35,40)/t21-,22-,24?,25?,26?,27?,28?/m1/s1. The van der Waals surface area contributed by atoms with Crippen molar-refractivity contribution in [2.45, 2.75) is 36.1 Å². The number of thioether (sulfide) groups is 1. The second-order valence-corrected chi connectivity index (χ2v) is 15.3. The Balaban J connectivity index is 1.22. The van der Waals surface area contributed by atoms with E-state index in [9.17, 15) is 24.5 Å². The third-order valence-electron chi connectivity index (χ3n) is 9.86. The number of carbonyl (C=O) groups is 2. The number of aromatic nitrogens is 1. The van der Waals surface area contributed by atoms with Gasteiger partial charge < -0.3 is 9.72 Å². The van der Waals surface area contributed by atoms with Crippen molar-refractivity contribution in [3.8, 4) is 5.75 Å². The van der Waals surface area contributed by atoms with Gasteiger partial charge in [0.2, 0.25) is 11.8 Å². The largest absolute Gasteiger partial charge is 0.489 e. The van der Waals surface area contributed by atoms with Gasteiger partial charge in [-0.1, -0.05) is 57.1 Å². The number of nitrogens with one attached hydrogen (secondary N) is 1. The zero-order chi connectivity index (χ0) is 31.1. The van der Waals surface area contributed by atoms with Crippen LogP contribution in [0.3, 0.4) is 0 Å². The monoisotopic (exact) mass is 703 g/mol. The van der Waals surface area contributed by atoms with Gasteiger partial charge in [-0.15, -0.1) is 11.8 Å². The molecule has 7 atom stereocenters. The lowest BCUT2D eigenvalue weighted by atomic mass is 9.68. The number of halogens is 1. The maximum atomic E-state index is 14.1. The minimum absolute atomic E-state index is 0.0511. The molecule has 1 saturated heterocycles. The molecule has 1 N–H and O–H groups in total. The average molecular weight is 705 g/mol. The van der Waals surface area contributed by atoms with Crippen molar-refractivity contribution in [2.24, 2.45) is 29.6 Å². The minimum Gasteiger partial charge on any atom is -0.489 e. The van der Waals surface area contributed by atoms with Crippen molar-refractivity contribution in [1.29, 1.82) is 0 Å². The summed E-state index contributed by atoms with van der Waals surface area (Å²) >= 11 is 6.12. The molecule has 1 aromatic heterocycles. The average Bonchev–Trinajstić information content (AvgIpc) is 3.76. The molecule has 0 radical (unpaired) electrons. The number of non-ortho nitro benzene ring substituents is 1. The molecule has 5 unspecified atom stereocenters. The fraction of sp³-hybridized carbons (Fsp3) is 0.303. The molecule has 45 heavy (non-hydrogen) atoms. The predicted octanol–water partition coefficient (Wildman–Crippen LogP) is 6.67. The van der Waals surface area contributed by atoms with E-state index in [1.807, 2.05) is 43.3 Å². The minimum atomic E-state index is -0.483. The fourth-order valence-electron chi connectivity index (χ4n) is 8.08. The van der Waals surface area contributed by atoms with Gasteiger partial charge >= 0.3 is 4.87 Å². The molecule has 228 valence electrons. The highest BCUT2D eigenvalue weighted by Gasteiger charge is 2.70. The number of H-pyrrole nitrogens is 1. The van der Waals surface area contributed by atoms with Crippen LogP contribution >= 0.6 is 39.0 Å². The summed E-state index contributed by atoms with van der Waals surface area (Å²) in [4.78, 5) is 57.2.